The molecule has 0 saturated heterocycles. The zero-order valence-electron chi connectivity index (χ0n) is 10.7. The van der Waals surface area contributed by atoms with Gasteiger partial charge in [0, 0.05) is 25.2 Å². The third kappa shape index (κ3) is 3.41. The first-order valence-corrected chi connectivity index (χ1v) is 6.37. The van der Waals surface area contributed by atoms with E-state index >= 15 is 0 Å². The van der Waals surface area contributed by atoms with Crippen molar-refractivity contribution in [3.05, 3.63) is 66.0 Å². The van der Waals surface area contributed by atoms with Crippen molar-refractivity contribution in [3.8, 4) is 0 Å². The van der Waals surface area contributed by atoms with Crippen molar-refractivity contribution in [3.63, 3.8) is 0 Å². The molecule has 18 heavy (non-hydrogen) atoms. The second kappa shape index (κ2) is 5.78. The van der Waals surface area contributed by atoms with Crippen LogP contribution in [-0.4, -0.2) is 15.7 Å². The fourth-order valence-corrected chi connectivity index (χ4v) is 2.17. The topological polar surface area (TPSA) is 33.1 Å². The van der Waals surface area contributed by atoms with Crippen molar-refractivity contribution in [2.75, 3.05) is 0 Å². The predicted octanol–water partition coefficient (Wildman–Crippen LogP) is 3.01. The van der Waals surface area contributed by atoms with Crippen LogP contribution in [0.2, 0.25) is 0 Å². The molecule has 2 nitrogen and oxygen atoms in total. The molecule has 1 unspecified atom stereocenters. The predicted molar refractivity (Wildman–Crippen MR) is 73.3 cm³/mol. The van der Waals surface area contributed by atoms with Crippen molar-refractivity contribution >= 4 is 0 Å². The van der Waals surface area contributed by atoms with Gasteiger partial charge >= 0.3 is 0 Å². The SMILES string of the molecule is CCC(O)(Cc1ccccc1)Cc1ccncc1. The van der Waals surface area contributed by atoms with Crippen molar-refractivity contribution < 1.29 is 5.11 Å². The van der Waals surface area contributed by atoms with Gasteiger partial charge in [0.05, 0.1) is 5.60 Å². The lowest BCUT2D eigenvalue weighted by Crippen LogP contribution is -2.33. The van der Waals surface area contributed by atoms with Crippen molar-refractivity contribution in [1.82, 2.24) is 4.98 Å². The Kier molecular flexibility index (Phi) is 4.11. The molecular weight excluding hydrogens is 222 g/mol. The highest BCUT2D eigenvalue weighted by molar-refractivity contribution is 5.20. The van der Waals surface area contributed by atoms with Gasteiger partial charge in [-0.15, -0.1) is 0 Å². The second-order valence-corrected chi connectivity index (χ2v) is 4.77. The van der Waals surface area contributed by atoms with Crippen molar-refractivity contribution in [2.45, 2.75) is 31.8 Å². The Bertz CT molecular complexity index is 425. The molecule has 0 aliphatic rings. The summed E-state index contributed by atoms with van der Waals surface area (Å²) in [5.74, 6) is 0. The number of aromatic nitrogens is 1. The van der Waals surface area contributed by atoms with Crippen LogP contribution in [-0.2, 0) is 12.8 Å². The normalized spacial score (nSPS) is 14.1. The van der Waals surface area contributed by atoms with Crippen LogP contribution < -0.4 is 0 Å². The smallest absolute Gasteiger partial charge is 0.0725 e. The summed E-state index contributed by atoms with van der Waals surface area (Å²) >= 11 is 0. The summed E-state index contributed by atoms with van der Waals surface area (Å²) in [6.45, 7) is 2.03. The molecule has 94 valence electrons. The third-order valence-corrected chi connectivity index (χ3v) is 3.32. The zero-order valence-corrected chi connectivity index (χ0v) is 10.7. The Balaban J connectivity index is 2.11. The van der Waals surface area contributed by atoms with Gasteiger partial charge in [0.15, 0.2) is 0 Å². The molecule has 1 aromatic heterocycles. The number of aliphatic hydroxyl groups is 1. The van der Waals surface area contributed by atoms with E-state index in [0.29, 0.717) is 12.8 Å². The van der Waals surface area contributed by atoms with E-state index < -0.39 is 5.60 Å². The number of rotatable bonds is 5. The third-order valence-electron chi connectivity index (χ3n) is 3.32. The minimum absolute atomic E-state index is 0.668. The molecule has 2 rings (SSSR count). The molecule has 2 heteroatoms. The quantitative estimate of drug-likeness (QED) is 0.873. The van der Waals surface area contributed by atoms with Crippen LogP contribution in [0.25, 0.3) is 0 Å². The first-order valence-electron chi connectivity index (χ1n) is 6.37. The van der Waals surface area contributed by atoms with Gasteiger partial charge in [0.1, 0.15) is 0 Å². The molecule has 2 aromatic rings. The maximum absolute atomic E-state index is 10.7. The molecule has 1 heterocycles. The van der Waals surface area contributed by atoms with Gasteiger partial charge in [0.2, 0.25) is 0 Å². The molecule has 0 aliphatic carbocycles. The number of nitrogens with zero attached hydrogens (tertiary/aromatic N) is 1. The van der Waals surface area contributed by atoms with E-state index in [4.69, 9.17) is 0 Å². The average Bonchev–Trinajstić information content (AvgIpc) is 2.41. The number of hydrogen-bond donors (Lipinski definition) is 1. The van der Waals surface area contributed by atoms with Crippen LogP contribution in [0.1, 0.15) is 24.5 Å². The summed E-state index contributed by atoms with van der Waals surface area (Å²) in [5.41, 5.74) is 1.63. The molecule has 0 fully saturated rings. The van der Waals surface area contributed by atoms with E-state index in [-0.39, 0.29) is 0 Å². The minimum atomic E-state index is -0.678. The molecule has 1 aromatic carbocycles. The molecule has 1 N–H and O–H groups in total. The monoisotopic (exact) mass is 241 g/mol. The maximum atomic E-state index is 10.7. The fraction of sp³-hybridized carbons (Fsp3) is 0.312. The number of pyridine rings is 1. The van der Waals surface area contributed by atoms with Crippen LogP contribution >= 0.6 is 0 Å². The molecule has 0 radical (unpaired) electrons. The van der Waals surface area contributed by atoms with Gasteiger partial charge in [-0.05, 0) is 29.7 Å². The molecule has 0 aliphatic heterocycles. The van der Waals surface area contributed by atoms with Crippen LogP contribution in [0.3, 0.4) is 0 Å². The lowest BCUT2D eigenvalue weighted by molar-refractivity contribution is 0.0368. The summed E-state index contributed by atoms with van der Waals surface area (Å²) in [6, 6.07) is 14.1. The fourth-order valence-electron chi connectivity index (χ4n) is 2.17. The van der Waals surface area contributed by atoms with Gasteiger partial charge < -0.3 is 5.11 Å². The Hall–Kier alpha value is -1.67. The largest absolute Gasteiger partial charge is 0.389 e. The van der Waals surface area contributed by atoms with E-state index in [1.165, 1.54) is 5.56 Å². The highest BCUT2D eigenvalue weighted by Crippen LogP contribution is 2.22. The highest BCUT2D eigenvalue weighted by Gasteiger charge is 2.25. The van der Waals surface area contributed by atoms with Gasteiger partial charge in [-0.25, -0.2) is 0 Å². The van der Waals surface area contributed by atoms with Crippen LogP contribution in [0.4, 0.5) is 0 Å². The Morgan fingerprint density at radius 1 is 0.944 bits per heavy atom. The molecule has 0 spiro atoms. The van der Waals surface area contributed by atoms with Crippen LogP contribution in [0, 0.1) is 0 Å². The lowest BCUT2D eigenvalue weighted by Gasteiger charge is -2.27. The molecule has 0 amide bonds. The van der Waals surface area contributed by atoms with Gasteiger partial charge in [0.25, 0.3) is 0 Å². The first-order chi connectivity index (χ1) is 8.72. The molecule has 0 bridgehead atoms. The summed E-state index contributed by atoms with van der Waals surface area (Å²) in [7, 11) is 0. The average molecular weight is 241 g/mol. The summed E-state index contributed by atoms with van der Waals surface area (Å²) in [5, 5.41) is 10.7. The van der Waals surface area contributed by atoms with E-state index in [0.717, 1.165) is 12.0 Å². The summed E-state index contributed by atoms with van der Waals surface area (Å²) in [6.07, 6.45) is 5.64. The van der Waals surface area contributed by atoms with Gasteiger partial charge in [-0.3, -0.25) is 4.98 Å². The molecule has 0 saturated carbocycles. The summed E-state index contributed by atoms with van der Waals surface area (Å²) < 4.78 is 0. The van der Waals surface area contributed by atoms with Crippen molar-refractivity contribution in [1.29, 1.82) is 0 Å². The Labute approximate surface area is 108 Å². The summed E-state index contributed by atoms with van der Waals surface area (Å²) in [4.78, 5) is 4.00. The number of benzene rings is 1. The first kappa shape index (κ1) is 12.8. The van der Waals surface area contributed by atoms with Crippen molar-refractivity contribution in [2.24, 2.45) is 0 Å². The van der Waals surface area contributed by atoms with E-state index in [9.17, 15) is 5.11 Å². The molecular formula is C16H19NO. The van der Waals surface area contributed by atoms with Crippen LogP contribution in [0.15, 0.2) is 54.9 Å². The van der Waals surface area contributed by atoms with Gasteiger partial charge in [-0.1, -0.05) is 37.3 Å². The Morgan fingerprint density at radius 2 is 1.50 bits per heavy atom. The van der Waals surface area contributed by atoms with E-state index in [1.807, 2.05) is 37.3 Å². The number of hydrogen-bond acceptors (Lipinski definition) is 2. The lowest BCUT2D eigenvalue weighted by atomic mass is 9.86. The van der Waals surface area contributed by atoms with Gasteiger partial charge in [-0.2, -0.15) is 0 Å². The zero-order chi connectivity index (χ0) is 12.8. The highest BCUT2D eigenvalue weighted by atomic mass is 16.3. The Morgan fingerprint density at radius 3 is 2.06 bits per heavy atom. The van der Waals surface area contributed by atoms with Crippen LogP contribution in [0.5, 0.6) is 0 Å². The molecule has 1 atom stereocenters. The minimum Gasteiger partial charge on any atom is -0.389 e. The van der Waals surface area contributed by atoms with E-state index in [1.54, 1.807) is 12.4 Å². The standard InChI is InChI=1S/C16H19NO/c1-2-16(18,12-14-6-4-3-5-7-14)13-15-8-10-17-11-9-15/h3-11,18H,2,12-13H2,1H3. The second-order valence-electron chi connectivity index (χ2n) is 4.77. The van der Waals surface area contributed by atoms with E-state index in [2.05, 4.69) is 17.1 Å². The maximum Gasteiger partial charge on any atom is 0.0725 e.